The molecule has 0 saturated carbocycles. The van der Waals surface area contributed by atoms with Gasteiger partial charge < -0.3 is 19.1 Å². The highest BCUT2D eigenvalue weighted by Gasteiger charge is 2.48. The van der Waals surface area contributed by atoms with Crippen LogP contribution in [0.3, 0.4) is 0 Å². The molecule has 0 aliphatic carbocycles. The highest BCUT2D eigenvalue weighted by molar-refractivity contribution is 6.51. The van der Waals surface area contributed by atoms with Crippen molar-refractivity contribution in [2.24, 2.45) is 0 Å². The van der Waals surface area contributed by atoms with Crippen molar-refractivity contribution in [3.05, 3.63) is 82.6 Å². The van der Waals surface area contributed by atoms with Gasteiger partial charge in [0, 0.05) is 11.6 Å². The molecular formula is C25H22N2O7. The molecule has 1 N–H and O–H groups in total. The lowest BCUT2D eigenvalue weighted by atomic mass is 9.94. The number of ketones is 1. The number of anilines is 1. The van der Waals surface area contributed by atoms with Crippen LogP contribution in [0.4, 0.5) is 5.82 Å². The average molecular weight is 462 g/mol. The smallest absolute Gasteiger partial charge is 0.337 e. The number of carbonyl (C=O) groups excluding carboxylic acids is 3. The molecule has 1 atom stereocenters. The molecule has 34 heavy (non-hydrogen) atoms. The van der Waals surface area contributed by atoms with Gasteiger partial charge in [0.2, 0.25) is 0 Å². The summed E-state index contributed by atoms with van der Waals surface area (Å²) in [5.41, 5.74) is 1.02. The second kappa shape index (κ2) is 9.22. The minimum Gasteiger partial charge on any atom is -0.507 e. The van der Waals surface area contributed by atoms with Crippen molar-refractivity contribution < 1.29 is 33.5 Å². The number of hydrogen-bond donors (Lipinski definition) is 1. The van der Waals surface area contributed by atoms with Gasteiger partial charge in [0.1, 0.15) is 17.3 Å². The van der Waals surface area contributed by atoms with Gasteiger partial charge in [-0.1, -0.05) is 17.3 Å². The summed E-state index contributed by atoms with van der Waals surface area (Å²) in [5.74, 6) is -1.41. The zero-order chi connectivity index (χ0) is 24.4. The third-order valence-corrected chi connectivity index (χ3v) is 5.39. The summed E-state index contributed by atoms with van der Waals surface area (Å²) >= 11 is 0. The maximum absolute atomic E-state index is 13.1. The van der Waals surface area contributed by atoms with Crippen LogP contribution in [0, 0.1) is 6.92 Å². The zero-order valence-corrected chi connectivity index (χ0v) is 18.8. The monoisotopic (exact) mass is 462 g/mol. The molecule has 4 rings (SSSR count). The number of aromatic nitrogens is 1. The van der Waals surface area contributed by atoms with E-state index in [9.17, 15) is 19.5 Å². The molecule has 0 unspecified atom stereocenters. The topological polar surface area (TPSA) is 119 Å². The standard InChI is InChI=1S/C25H22N2O7/c1-4-33-18-11-9-16(10-12-18)22(28)20-21(15-5-7-17(8-6-15)25(31)32-3)27(24(30)23(20)29)19-13-14(2)34-26-19/h5-13,21,28H,4H2,1-3H3/t21-/m1/s1. The number of rotatable bonds is 6. The highest BCUT2D eigenvalue weighted by atomic mass is 16.5. The first-order valence-electron chi connectivity index (χ1n) is 10.5. The summed E-state index contributed by atoms with van der Waals surface area (Å²) in [7, 11) is 1.27. The Labute approximate surface area is 195 Å². The van der Waals surface area contributed by atoms with Crippen LogP contribution in [0.25, 0.3) is 5.76 Å². The molecule has 2 heterocycles. The largest absolute Gasteiger partial charge is 0.507 e. The number of carbonyl (C=O) groups is 3. The van der Waals surface area contributed by atoms with Crippen LogP contribution in [-0.4, -0.2) is 41.6 Å². The third kappa shape index (κ3) is 4.03. The van der Waals surface area contributed by atoms with Crippen LogP contribution < -0.4 is 9.64 Å². The van der Waals surface area contributed by atoms with E-state index in [1.54, 1.807) is 43.3 Å². The summed E-state index contributed by atoms with van der Waals surface area (Å²) in [6.45, 7) is 3.99. The van der Waals surface area contributed by atoms with E-state index in [2.05, 4.69) is 5.16 Å². The molecule has 1 aliphatic rings. The summed E-state index contributed by atoms with van der Waals surface area (Å²) in [6, 6.07) is 13.3. The predicted octanol–water partition coefficient (Wildman–Crippen LogP) is 3.79. The Morgan fingerprint density at radius 1 is 1.09 bits per heavy atom. The Balaban J connectivity index is 1.86. The van der Waals surface area contributed by atoms with E-state index in [1.165, 1.54) is 30.2 Å². The minimum absolute atomic E-state index is 0.111. The van der Waals surface area contributed by atoms with Gasteiger partial charge in [-0.05, 0) is 55.8 Å². The average Bonchev–Trinajstić information content (AvgIpc) is 3.39. The quantitative estimate of drug-likeness (QED) is 0.254. The fourth-order valence-electron chi connectivity index (χ4n) is 3.80. The van der Waals surface area contributed by atoms with Gasteiger partial charge in [0.25, 0.3) is 5.78 Å². The van der Waals surface area contributed by atoms with E-state index in [1.807, 2.05) is 6.92 Å². The summed E-state index contributed by atoms with van der Waals surface area (Å²) in [4.78, 5) is 39.2. The molecule has 1 saturated heterocycles. The molecule has 9 nitrogen and oxygen atoms in total. The maximum Gasteiger partial charge on any atom is 0.337 e. The number of aliphatic hydroxyl groups is 1. The number of ether oxygens (including phenoxy) is 2. The lowest BCUT2D eigenvalue weighted by Crippen LogP contribution is -2.29. The second-order valence-corrected chi connectivity index (χ2v) is 7.54. The van der Waals surface area contributed by atoms with E-state index in [0.717, 1.165) is 0 Å². The number of methoxy groups -OCH3 is 1. The van der Waals surface area contributed by atoms with Crippen molar-refractivity contribution in [1.29, 1.82) is 0 Å². The molecule has 9 heteroatoms. The number of esters is 1. The summed E-state index contributed by atoms with van der Waals surface area (Å²) in [6.07, 6.45) is 0. The van der Waals surface area contributed by atoms with Crippen molar-refractivity contribution in [3.63, 3.8) is 0 Å². The number of aliphatic hydroxyl groups excluding tert-OH is 1. The Kier molecular flexibility index (Phi) is 6.18. The van der Waals surface area contributed by atoms with Crippen molar-refractivity contribution >= 4 is 29.2 Å². The van der Waals surface area contributed by atoms with Gasteiger partial charge in [-0.2, -0.15) is 0 Å². The molecule has 3 aromatic rings. The van der Waals surface area contributed by atoms with Crippen LogP contribution in [0.15, 0.2) is 64.7 Å². The van der Waals surface area contributed by atoms with Gasteiger partial charge in [-0.3, -0.25) is 14.5 Å². The molecule has 2 aromatic carbocycles. The Morgan fingerprint density at radius 2 is 1.74 bits per heavy atom. The van der Waals surface area contributed by atoms with Crippen molar-refractivity contribution in [3.8, 4) is 5.75 Å². The van der Waals surface area contributed by atoms with E-state index in [0.29, 0.717) is 34.8 Å². The number of nitrogens with zero attached hydrogens (tertiary/aromatic N) is 2. The minimum atomic E-state index is -0.997. The number of hydrogen-bond acceptors (Lipinski definition) is 8. The Bertz CT molecular complexity index is 1270. The lowest BCUT2D eigenvalue weighted by molar-refractivity contribution is -0.132. The number of Topliss-reactive ketones (excluding diaryl/α,β-unsaturated/α-hetero) is 1. The maximum atomic E-state index is 13.1. The molecule has 0 radical (unpaired) electrons. The normalized spacial score (nSPS) is 17.1. The predicted molar refractivity (Wildman–Crippen MR) is 121 cm³/mol. The number of aryl methyl sites for hydroxylation is 1. The molecule has 1 amide bonds. The molecule has 1 aromatic heterocycles. The lowest BCUT2D eigenvalue weighted by Gasteiger charge is -2.23. The Morgan fingerprint density at radius 3 is 2.29 bits per heavy atom. The van der Waals surface area contributed by atoms with Crippen LogP contribution >= 0.6 is 0 Å². The fourth-order valence-corrected chi connectivity index (χ4v) is 3.80. The first kappa shape index (κ1) is 22.8. The van der Waals surface area contributed by atoms with Gasteiger partial charge in [0.15, 0.2) is 5.82 Å². The van der Waals surface area contributed by atoms with E-state index in [4.69, 9.17) is 14.0 Å². The first-order valence-corrected chi connectivity index (χ1v) is 10.5. The summed E-state index contributed by atoms with van der Waals surface area (Å²) in [5, 5.41) is 15.0. The van der Waals surface area contributed by atoms with Gasteiger partial charge in [-0.15, -0.1) is 0 Å². The molecular weight excluding hydrogens is 440 g/mol. The van der Waals surface area contributed by atoms with Gasteiger partial charge >= 0.3 is 11.9 Å². The number of benzene rings is 2. The van der Waals surface area contributed by atoms with Crippen molar-refractivity contribution in [1.82, 2.24) is 5.16 Å². The molecule has 0 spiro atoms. The second-order valence-electron chi connectivity index (χ2n) is 7.54. The first-order chi connectivity index (χ1) is 16.3. The van der Waals surface area contributed by atoms with E-state index < -0.39 is 23.7 Å². The Hall–Kier alpha value is -4.40. The van der Waals surface area contributed by atoms with Crippen LogP contribution in [0.2, 0.25) is 0 Å². The van der Waals surface area contributed by atoms with Gasteiger partial charge in [-0.25, -0.2) is 4.79 Å². The molecule has 1 fully saturated rings. The van der Waals surface area contributed by atoms with Crippen LogP contribution in [0.5, 0.6) is 5.75 Å². The van der Waals surface area contributed by atoms with Crippen molar-refractivity contribution in [2.75, 3.05) is 18.6 Å². The van der Waals surface area contributed by atoms with Crippen molar-refractivity contribution in [2.45, 2.75) is 19.9 Å². The van der Waals surface area contributed by atoms with Crippen LogP contribution in [0.1, 0.15) is 40.2 Å². The highest BCUT2D eigenvalue weighted by Crippen LogP contribution is 2.42. The SMILES string of the molecule is CCOc1ccc(C(O)=C2C(=O)C(=O)N(c3cc(C)on3)[C@@H]2c2ccc(C(=O)OC)cc2)cc1. The fraction of sp³-hybridized carbons (Fsp3) is 0.200. The number of amides is 1. The van der Waals surface area contributed by atoms with Crippen LogP contribution in [-0.2, 0) is 14.3 Å². The molecule has 174 valence electrons. The summed E-state index contributed by atoms with van der Waals surface area (Å²) < 4.78 is 15.3. The molecule has 0 bridgehead atoms. The molecule has 1 aliphatic heterocycles. The van der Waals surface area contributed by atoms with Gasteiger partial charge in [0.05, 0.1) is 30.9 Å². The van der Waals surface area contributed by atoms with E-state index in [-0.39, 0.29) is 17.2 Å². The van der Waals surface area contributed by atoms with E-state index >= 15 is 0 Å². The third-order valence-electron chi connectivity index (χ3n) is 5.39. The zero-order valence-electron chi connectivity index (χ0n) is 18.8.